The molecule has 0 saturated heterocycles. The van der Waals surface area contributed by atoms with Crippen molar-refractivity contribution in [3.05, 3.63) is 53.9 Å². The Morgan fingerprint density at radius 2 is 2.04 bits per heavy atom. The van der Waals surface area contributed by atoms with Gasteiger partial charge in [-0.3, -0.25) is 14.7 Å². The summed E-state index contributed by atoms with van der Waals surface area (Å²) < 4.78 is 0. The number of carbonyl (C=O) groups excluding carboxylic acids is 1. The minimum absolute atomic E-state index is 0. The molecule has 2 N–H and O–H groups in total. The summed E-state index contributed by atoms with van der Waals surface area (Å²) in [5.74, 6) is 0.149. The van der Waals surface area contributed by atoms with Crippen molar-refractivity contribution in [1.82, 2.24) is 9.88 Å². The number of hydrogen-bond donors (Lipinski definition) is 1. The van der Waals surface area contributed by atoms with Gasteiger partial charge in [0.05, 0.1) is 17.5 Å². The van der Waals surface area contributed by atoms with E-state index in [9.17, 15) is 4.79 Å². The van der Waals surface area contributed by atoms with Crippen LogP contribution >= 0.6 is 12.4 Å². The van der Waals surface area contributed by atoms with Crippen molar-refractivity contribution in [1.29, 1.82) is 5.26 Å². The van der Waals surface area contributed by atoms with Crippen molar-refractivity contribution < 1.29 is 4.79 Å². The zero-order chi connectivity index (χ0) is 17.3. The van der Waals surface area contributed by atoms with Gasteiger partial charge in [-0.05, 0) is 30.2 Å². The molecule has 0 spiro atoms. The van der Waals surface area contributed by atoms with Crippen molar-refractivity contribution in [2.75, 3.05) is 7.05 Å². The van der Waals surface area contributed by atoms with Crippen molar-refractivity contribution >= 4 is 24.3 Å². The summed E-state index contributed by atoms with van der Waals surface area (Å²) in [7, 11) is 1.62. The van der Waals surface area contributed by atoms with E-state index in [1.165, 1.54) is 11.1 Å². The summed E-state index contributed by atoms with van der Waals surface area (Å²) >= 11 is 0. The average Bonchev–Trinajstić information content (AvgIpc) is 2.60. The van der Waals surface area contributed by atoms with Gasteiger partial charge in [-0.25, -0.2) is 4.99 Å². The molecule has 2 heterocycles. The third-order valence-electron chi connectivity index (χ3n) is 4.26. The number of aromatic nitrogens is 1. The quantitative estimate of drug-likeness (QED) is 0.894. The van der Waals surface area contributed by atoms with Gasteiger partial charge in [0, 0.05) is 25.0 Å². The molecular formula is C18H18ClN5O. The highest BCUT2D eigenvalue weighted by Crippen LogP contribution is 2.34. The second kappa shape index (κ2) is 6.91. The molecule has 7 heteroatoms. The molecule has 1 aliphatic rings. The van der Waals surface area contributed by atoms with Crippen molar-refractivity contribution in [3.63, 3.8) is 0 Å². The van der Waals surface area contributed by atoms with E-state index in [1.54, 1.807) is 19.3 Å². The highest BCUT2D eigenvalue weighted by molar-refractivity contribution is 5.98. The SMILES string of the molecule is CN1C(=O)CC(C)(c2cccc(-c3cncc(C#N)c3)c2)N=C1N.Cl. The van der Waals surface area contributed by atoms with Crippen LogP contribution in [0.25, 0.3) is 11.1 Å². The van der Waals surface area contributed by atoms with E-state index in [4.69, 9.17) is 11.0 Å². The molecule has 1 aromatic carbocycles. The zero-order valence-corrected chi connectivity index (χ0v) is 14.7. The summed E-state index contributed by atoms with van der Waals surface area (Å²) in [6.45, 7) is 1.90. The zero-order valence-electron chi connectivity index (χ0n) is 13.9. The molecule has 1 atom stereocenters. The van der Waals surface area contributed by atoms with Crippen LogP contribution in [0.4, 0.5) is 0 Å². The molecule has 6 nitrogen and oxygen atoms in total. The number of hydrogen-bond acceptors (Lipinski definition) is 5. The van der Waals surface area contributed by atoms with Gasteiger partial charge < -0.3 is 5.73 Å². The third-order valence-corrected chi connectivity index (χ3v) is 4.26. The normalized spacial score (nSPS) is 19.6. The van der Waals surface area contributed by atoms with E-state index in [0.29, 0.717) is 5.56 Å². The Kier molecular flexibility index (Phi) is 5.10. The number of halogens is 1. The maximum Gasteiger partial charge on any atom is 0.231 e. The topological polar surface area (TPSA) is 95.4 Å². The fourth-order valence-corrected chi connectivity index (χ4v) is 2.77. The number of nitriles is 1. The van der Waals surface area contributed by atoms with Gasteiger partial charge in [0.25, 0.3) is 0 Å². The lowest BCUT2D eigenvalue weighted by molar-refractivity contribution is -0.128. The first-order chi connectivity index (χ1) is 11.4. The molecule has 0 radical (unpaired) electrons. The minimum Gasteiger partial charge on any atom is -0.369 e. The largest absolute Gasteiger partial charge is 0.369 e. The van der Waals surface area contributed by atoms with Crippen LogP contribution in [0.3, 0.4) is 0 Å². The smallest absolute Gasteiger partial charge is 0.231 e. The molecule has 0 aliphatic carbocycles. The molecule has 25 heavy (non-hydrogen) atoms. The number of pyridine rings is 1. The number of rotatable bonds is 2. The second-order valence-electron chi connectivity index (χ2n) is 6.03. The summed E-state index contributed by atoms with van der Waals surface area (Å²) in [4.78, 5) is 22.1. The molecule has 1 aliphatic heterocycles. The first kappa shape index (κ1) is 18.4. The average molecular weight is 356 g/mol. The minimum atomic E-state index is -0.704. The highest BCUT2D eigenvalue weighted by atomic mass is 35.5. The number of benzene rings is 1. The van der Waals surface area contributed by atoms with E-state index in [0.717, 1.165) is 16.7 Å². The van der Waals surface area contributed by atoms with Crippen molar-refractivity contribution in [2.24, 2.45) is 10.7 Å². The van der Waals surface area contributed by atoms with E-state index in [2.05, 4.69) is 16.0 Å². The van der Waals surface area contributed by atoms with Crippen LogP contribution in [0.2, 0.25) is 0 Å². The lowest BCUT2D eigenvalue weighted by Crippen LogP contribution is -2.47. The maximum atomic E-state index is 12.2. The summed E-state index contributed by atoms with van der Waals surface area (Å²) in [6, 6.07) is 11.6. The van der Waals surface area contributed by atoms with Gasteiger partial charge in [-0.15, -0.1) is 12.4 Å². The van der Waals surface area contributed by atoms with Crippen LogP contribution in [-0.4, -0.2) is 28.8 Å². The highest BCUT2D eigenvalue weighted by Gasteiger charge is 2.36. The summed E-state index contributed by atoms with van der Waals surface area (Å²) in [5, 5.41) is 9.03. The van der Waals surface area contributed by atoms with Gasteiger partial charge in [0.15, 0.2) is 5.96 Å². The number of nitrogens with two attached hydrogens (primary N) is 1. The lowest BCUT2D eigenvalue weighted by atomic mass is 9.86. The van der Waals surface area contributed by atoms with E-state index < -0.39 is 5.54 Å². The van der Waals surface area contributed by atoms with E-state index >= 15 is 0 Å². The van der Waals surface area contributed by atoms with E-state index in [1.807, 2.05) is 31.2 Å². The summed E-state index contributed by atoms with van der Waals surface area (Å²) in [6.07, 6.45) is 3.49. The molecule has 2 aromatic rings. The molecule has 1 unspecified atom stereocenters. The number of carbonyl (C=O) groups is 1. The Morgan fingerprint density at radius 1 is 1.28 bits per heavy atom. The molecular weight excluding hydrogens is 338 g/mol. The van der Waals surface area contributed by atoms with Crippen LogP contribution in [0.1, 0.15) is 24.5 Å². The van der Waals surface area contributed by atoms with Crippen LogP contribution in [0.5, 0.6) is 0 Å². The van der Waals surface area contributed by atoms with Crippen LogP contribution < -0.4 is 5.73 Å². The van der Waals surface area contributed by atoms with Gasteiger partial charge in [-0.2, -0.15) is 5.26 Å². The van der Waals surface area contributed by atoms with Crippen LogP contribution in [0.15, 0.2) is 47.7 Å². The first-order valence-corrected chi connectivity index (χ1v) is 7.51. The van der Waals surface area contributed by atoms with Gasteiger partial charge in [0.2, 0.25) is 5.91 Å². The number of guanidine groups is 1. The number of amides is 1. The molecule has 1 aromatic heterocycles. The Morgan fingerprint density at radius 3 is 2.72 bits per heavy atom. The molecule has 0 saturated carbocycles. The molecule has 128 valence electrons. The lowest BCUT2D eigenvalue weighted by Gasteiger charge is -2.33. The third kappa shape index (κ3) is 3.47. The van der Waals surface area contributed by atoms with Gasteiger partial charge >= 0.3 is 0 Å². The monoisotopic (exact) mass is 355 g/mol. The number of aliphatic imine (C=N–C) groups is 1. The second-order valence-corrected chi connectivity index (χ2v) is 6.03. The van der Waals surface area contributed by atoms with E-state index in [-0.39, 0.29) is 30.7 Å². The predicted octanol–water partition coefficient (Wildman–Crippen LogP) is 2.43. The Labute approximate surface area is 152 Å². The maximum absolute atomic E-state index is 12.2. The van der Waals surface area contributed by atoms with Crippen LogP contribution in [0, 0.1) is 11.3 Å². The van der Waals surface area contributed by atoms with Crippen molar-refractivity contribution in [3.8, 4) is 17.2 Å². The predicted molar refractivity (Wildman–Crippen MR) is 98.0 cm³/mol. The molecule has 1 amide bonds. The Balaban J connectivity index is 0.00000225. The molecule has 0 bridgehead atoms. The summed E-state index contributed by atoms with van der Waals surface area (Å²) in [5.41, 5.74) is 8.33. The standard InChI is InChI=1S/C18H17N5O.ClH/c1-18(8-16(24)23(2)17(20)22-18)15-5-3-4-13(7-15)14-6-12(9-19)10-21-11-14;/h3-7,10-11H,8H2,1-2H3,(H2,20,22);1H. The molecule has 3 rings (SSSR count). The van der Waals surface area contributed by atoms with Gasteiger partial charge in [-0.1, -0.05) is 18.2 Å². The fraction of sp³-hybridized carbons (Fsp3) is 0.222. The van der Waals surface area contributed by atoms with Gasteiger partial charge in [0.1, 0.15) is 6.07 Å². The fourth-order valence-electron chi connectivity index (χ4n) is 2.77. The Hall–Kier alpha value is -2.91. The first-order valence-electron chi connectivity index (χ1n) is 7.51. The van der Waals surface area contributed by atoms with Crippen LogP contribution in [-0.2, 0) is 10.3 Å². The van der Waals surface area contributed by atoms with Crippen molar-refractivity contribution in [2.45, 2.75) is 18.9 Å². The number of nitrogens with zero attached hydrogens (tertiary/aromatic N) is 4. The Bertz CT molecular complexity index is 889. The molecule has 0 fully saturated rings.